The number of rotatable bonds is 2. The summed E-state index contributed by atoms with van der Waals surface area (Å²) in [6, 6.07) is 1.15. The Morgan fingerprint density at radius 2 is 2.29 bits per heavy atom. The summed E-state index contributed by atoms with van der Waals surface area (Å²) >= 11 is 5.59. The normalized spacial score (nSPS) is 20.9. The Balaban J connectivity index is 2.21. The smallest absolute Gasteiger partial charge is 0.213 e. The van der Waals surface area contributed by atoms with Gasteiger partial charge in [0, 0.05) is 19.3 Å². The molecule has 1 aromatic heterocycles. The van der Waals surface area contributed by atoms with Crippen LogP contribution >= 0.6 is 11.6 Å². The summed E-state index contributed by atoms with van der Waals surface area (Å²) in [6.07, 6.45) is 1.70. The van der Waals surface area contributed by atoms with Crippen molar-refractivity contribution in [2.24, 2.45) is 5.14 Å². The third-order valence-corrected chi connectivity index (χ3v) is 4.22. The molecule has 0 aliphatic carbocycles. The molecule has 5 nitrogen and oxygen atoms in total. The van der Waals surface area contributed by atoms with E-state index >= 15 is 0 Å². The third-order valence-electron chi connectivity index (χ3n) is 2.70. The van der Waals surface area contributed by atoms with Gasteiger partial charge in [-0.25, -0.2) is 22.9 Å². The van der Waals surface area contributed by atoms with Crippen LogP contribution in [0.2, 0.25) is 5.02 Å². The largest absolute Gasteiger partial charge is 0.353 e. The highest BCUT2D eigenvalue weighted by Gasteiger charge is 2.32. The maximum Gasteiger partial charge on any atom is 0.213 e. The number of halogens is 2. The zero-order chi connectivity index (χ0) is 12.6. The number of nitrogens with zero attached hydrogens (tertiary/aromatic N) is 2. The molecule has 2 rings (SSSR count). The standard InChI is InChI=1S/C9H11ClFN3O2S/c10-6-3-8(11)9(13-4-6)14-2-1-7(5-14)17(12,15)16/h3-4,7H,1-2,5H2,(H2,12,15,16)/t7-/m1/s1. The number of aromatic nitrogens is 1. The Morgan fingerprint density at radius 1 is 1.59 bits per heavy atom. The lowest BCUT2D eigenvalue weighted by molar-refractivity contribution is 0.584. The van der Waals surface area contributed by atoms with Crippen molar-refractivity contribution in [3.8, 4) is 0 Å². The van der Waals surface area contributed by atoms with Crippen molar-refractivity contribution >= 4 is 27.4 Å². The second kappa shape index (κ2) is 4.40. The minimum atomic E-state index is -3.58. The second-order valence-corrected chi connectivity index (χ2v) is 6.19. The monoisotopic (exact) mass is 279 g/mol. The van der Waals surface area contributed by atoms with Crippen LogP contribution in [0.15, 0.2) is 12.3 Å². The van der Waals surface area contributed by atoms with Gasteiger partial charge in [0.25, 0.3) is 0 Å². The van der Waals surface area contributed by atoms with Crippen LogP contribution in [0.5, 0.6) is 0 Å². The van der Waals surface area contributed by atoms with Gasteiger partial charge in [-0.2, -0.15) is 0 Å². The van der Waals surface area contributed by atoms with E-state index in [1.807, 2.05) is 0 Å². The summed E-state index contributed by atoms with van der Waals surface area (Å²) in [7, 11) is -3.58. The molecule has 1 fully saturated rings. The molecule has 0 amide bonds. The fourth-order valence-corrected chi connectivity index (χ4v) is 2.80. The van der Waals surface area contributed by atoms with Gasteiger partial charge in [-0.15, -0.1) is 0 Å². The zero-order valence-electron chi connectivity index (χ0n) is 8.81. The Bertz CT molecular complexity index is 537. The SMILES string of the molecule is NS(=O)(=O)[C@@H]1CCN(c2ncc(Cl)cc2F)C1. The molecule has 2 N–H and O–H groups in total. The average Bonchev–Trinajstić information content (AvgIpc) is 2.65. The maximum absolute atomic E-state index is 13.6. The van der Waals surface area contributed by atoms with Gasteiger partial charge in [-0.3, -0.25) is 0 Å². The van der Waals surface area contributed by atoms with Crippen molar-refractivity contribution < 1.29 is 12.8 Å². The minimum Gasteiger partial charge on any atom is -0.353 e. The van der Waals surface area contributed by atoms with E-state index in [2.05, 4.69) is 4.98 Å². The number of sulfonamides is 1. The Kier molecular flexibility index (Phi) is 3.24. The summed E-state index contributed by atoms with van der Waals surface area (Å²) in [5.74, 6) is -0.451. The van der Waals surface area contributed by atoms with Crippen molar-refractivity contribution in [3.63, 3.8) is 0 Å². The molecule has 1 aliphatic heterocycles. The minimum absolute atomic E-state index is 0.112. The predicted octanol–water partition coefficient (Wildman–Crippen LogP) is 0.741. The van der Waals surface area contributed by atoms with E-state index in [1.165, 1.54) is 6.20 Å². The Morgan fingerprint density at radius 3 is 2.82 bits per heavy atom. The van der Waals surface area contributed by atoms with Crippen LogP contribution in [0, 0.1) is 5.82 Å². The highest BCUT2D eigenvalue weighted by atomic mass is 35.5. The van der Waals surface area contributed by atoms with Gasteiger partial charge in [0.05, 0.1) is 10.3 Å². The van der Waals surface area contributed by atoms with E-state index in [1.54, 1.807) is 4.90 Å². The Labute approximate surface area is 103 Å². The lowest BCUT2D eigenvalue weighted by atomic mass is 10.4. The topological polar surface area (TPSA) is 76.3 Å². The first-order valence-corrected chi connectivity index (χ1v) is 6.94. The lowest BCUT2D eigenvalue weighted by Gasteiger charge is -2.17. The lowest BCUT2D eigenvalue weighted by Crippen LogP contribution is -2.32. The van der Waals surface area contributed by atoms with E-state index < -0.39 is 21.1 Å². The number of hydrogen-bond donors (Lipinski definition) is 1. The van der Waals surface area contributed by atoms with Crippen molar-refractivity contribution in [1.82, 2.24) is 4.98 Å². The summed E-state index contributed by atoms with van der Waals surface area (Å²) in [6.45, 7) is 0.567. The van der Waals surface area contributed by atoms with Gasteiger partial charge >= 0.3 is 0 Å². The molecule has 0 spiro atoms. The number of pyridine rings is 1. The average molecular weight is 280 g/mol. The van der Waals surface area contributed by atoms with Crippen molar-refractivity contribution in [1.29, 1.82) is 0 Å². The quantitative estimate of drug-likeness (QED) is 0.866. The number of primary sulfonamides is 1. The summed E-state index contributed by atoms with van der Waals surface area (Å²) in [4.78, 5) is 5.42. The fourth-order valence-electron chi connectivity index (χ4n) is 1.83. The molecule has 0 unspecified atom stereocenters. The molecule has 0 aromatic carbocycles. The van der Waals surface area contributed by atoms with Gasteiger partial charge in [0.1, 0.15) is 0 Å². The molecule has 0 radical (unpaired) electrons. The first-order chi connectivity index (χ1) is 7.88. The van der Waals surface area contributed by atoms with Crippen LogP contribution < -0.4 is 10.0 Å². The summed E-state index contributed by atoms with van der Waals surface area (Å²) in [5, 5.41) is 4.59. The second-order valence-electron chi connectivity index (χ2n) is 3.90. The van der Waals surface area contributed by atoms with E-state index in [0.29, 0.717) is 13.0 Å². The molecule has 1 saturated heterocycles. The van der Waals surface area contributed by atoms with Crippen LogP contribution in [0.4, 0.5) is 10.2 Å². The molecule has 1 aliphatic rings. The number of nitrogens with two attached hydrogens (primary N) is 1. The van der Waals surface area contributed by atoms with Gasteiger partial charge in [-0.1, -0.05) is 11.6 Å². The van der Waals surface area contributed by atoms with Crippen molar-refractivity contribution in [3.05, 3.63) is 23.1 Å². The highest BCUT2D eigenvalue weighted by molar-refractivity contribution is 7.89. The van der Waals surface area contributed by atoms with Crippen LogP contribution in [-0.2, 0) is 10.0 Å². The van der Waals surface area contributed by atoms with E-state index in [4.69, 9.17) is 16.7 Å². The van der Waals surface area contributed by atoms with E-state index in [-0.39, 0.29) is 17.4 Å². The van der Waals surface area contributed by atoms with Crippen LogP contribution in [0.3, 0.4) is 0 Å². The molecule has 1 aromatic rings. The molecular weight excluding hydrogens is 269 g/mol. The van der Waals surface area contributed by atoms with Crippen LogP contribution in [0.1, 0.15) is 6.42 Å². The number of hydrogen-bond acceptors (Lipinski definition) is 4. The molecule has 0 bridgehead atoms. The van der Waals surface area contributed by atoms with Crippen molar-refractivity contribution in [2.45, 2.75) is 11.7 Å². The fraction of sp³-hybridized carbons (Fsp3) is 0.444. The van der Waals surface area contributed by atoms with E-state index in [9.17, 15) is 12.8 Å². The molecule has 94 valence electrons. The van der Waals surface area contributed by atoms with Gasteiger partial charge in [-0.05, 0) is 12.5 Å². The zero-order valence-corrected chi connectivity index (χ0v) is 10.4. The van der Waals surface area contributed by atoms with E-state index in [0.717, 1.165) is 6.07 Å². The molecular formula is C9H11ClFN3O2S. The maximum atomic E-state index is 13.6. The molecule has 1 atom stereocenters. The Hall–Kier alpha value is -0.920. The van der Waals surface area contributed by atoms with Gasteiger partial charge in [0.15, 0.2) is 11.6 Å². The molecule has 0 saturated carbocycles. The first kappa shape index (κ1) is 12.5. The van der Waals surface area contributed by atoms with Crippen molar-refractivity contribution in [2.75, 3.05) is 18.0 Å². The molecule has 8 heteroatoms. The number of anilines is 1. The van der Waals surface area contributed by atoms with Gasteiger partial charge in [0.2, 0.25) is 10.0 Å². The highest BCUT2D eigenvalue weighted by Crippen LogP contribution is 2.25. The summed E-state index contributed by atoms with van der Waals surface area (Å²) in [5.41, 5.74) is 0. The van der Waals surface area contributed by atoms with Gasteiger partial charge < -0.3 is 4.90 Å². The third kappa shape index (κ3) is 2.67. The predicted molar refractivity (Wildman–Crippen MR) is 62.9 cm³/mol. The first-order valence-electron chi connectivity index (χ1n) is 4.95. The van der Waals surface area contributed by atoms with Crippen LogP contribution in [0.25, 0.3) is 0 Å². The van der Waals surface area contributed by atoms with Crippen LogP contribution in [-0.4, -0.2) is 31.7 Å². The molecule has 2 heterocycles. The summed E-state index contributed by atoms with van der Waals surface area (Å²) < 4.78 is 35.9. The molecule has 17 heavy (non-hydrogen) atoms.